The molecule has 0 unspecified atom stereocenters. The molecular weight excluding hydrogens is 168 g/mol. The highest BCUT2D eigenvalue weighted by Gasteiger charge is 2.01. The van der Waals surface area contributed by atoms with E-state index in [-0.39, 0.29) is 0 Å². The van der Waals surface area contributed by atoms with Crippen molar-refractivity contribution in [2.45, 2.75) is 13.3 Å². The van der Waals surface area contributed by atoms with Gasteiger partial charge in [-0.15, -0.1) is 0 Å². The zero-order valence-electron chi connectivity index (χ0n) is 8.66. The summed E-state index contributed by atoms with van der Waals surface area (Å²) in [6, 6.07) is 10.4. The van der Waals surface area contributed by atoms with Crippen LogP contribution in [0.3, 0.4) is 0 Å². The molecule has 1 rings (SSSR count). The van der Waals surface area contributed by atoms with Crippen LogP contribution in [0.2, 0.25) is 0 Å². The van der Waals surface area contributed by atoms with E-state index in [1.807, 2.05) is 18.2 Å². The summed E-state index contributed by atoms with van der Waals surface area (Å²) in [6.07, 6.45) is 4.72. The van der Waals surface area contributed by atoms with Gasteiger partial charge in [0.25, 0.3) is 0 Å². The fourth-order valence-corrected chi connectivity index (χ4v) is 1.54. The standard InChI is InChI=1S/C14H16/c1-4-12(5-2)14(6-3)13-10-8-7-9-11-13/h4-5,7-11H,1-2,6H2,3H3. The Kier molecular flexibility index (Phi) is 3.93. The van der Waals surface area contributed by atoms with E-state index in [1.54, 1.807) is 0 Å². The van der Waals surface area contributed by atoms with Crippen molar-refractivity contribution in [1.29, 1.82) is 0 Å². The molecule has 0 amide bonds. The minimum atomic E-state index is 0.997. The molecule has 0 radical (unpaired) electrons. The molecule has 0 aromatic heterocycles. The van der Waals surface area contributed by atoms with Crippen molar-refractivity contribution in [3.8, 4) is 0 Å². The SMILES string of the molecule is C=CC(C=C)=C(CC)c1ccccc1. The van der Waals surface area contributed by atoms with Crippen molar-refractivity contribution in [3.63, 3.8) is 0 Å². The molecule has 0 spiro atoms. The van der Waals surface area contributed by atoms with Gasteiger partial charge >= 0.3 is 0 Å². The summed E-state index contributed by atoms with van der Waals surface area (Å²) in [7, 11) is 0. The van der Waals surface area contributed by atoms with Gasteiger partial charge in [-0.25, -0.2) is 0 Å². The topological polar surface area (TPSA) is 0 Å². The Morgan fingerprint density at radius 3 is 2.14 bits per heavy atom. The van der Waals surface area contributed by atoms with E-state index in [0.29, 0.717) is 0 Å². The van der Waals surface area contributed by atoms with Crippen LogP contribution in [0.1, 0.15) is 18.9 Å². The predicted octanol–water partition coefficient (Wildman–Crippen LogP) is 4.22. The average molecular weight is 184 g/mol. The molecule has 0 aliphatic carbocycles. The second-order valence-corrected chi connectivity index (χ2v) is 3.06. The van der Waals surface area contributed by atoms with Crippen LogP contribution >= 0.6 is 0 Å². The molecule has 14 heavy (non-hydrogen) atoms. The van der Waals surface area contributed by atoms with Crippen LogP contribution in [0.15, 0.2) is 61.2 Å². The third-order valence-corrected chi connectivity index (χ3v) is 2.26. The Morgan fingerprint density at radius 1 is 1.14 bits per heavy atom. The summed E-state index contributed by atoms with van der Waals surface area (Å²) in [5, 5.41) is 0. The predicted molar refractivity (Wildman–Crippen MR) is 64.0 cm³/mol. The van der Waals surface area contributed by atoms with E-state index in [4.69, 9.17) is 0 Å². The van der Waals surface area contributed by atoms with Crippen LogP contribution in [-0.2, 0) is 0 Å². The molecule has 0 atom stereocenters. The molecule has 0 heteroatoms. The van der Waals surface area contributed by atoms with Gasteiger partial charge in [0, 0.05) is 0 Å². The third-order valence-electron chi connectivity index (χ3n) is 2.26. The maximum Gasteiger partial charge on any atom is -0.0219 e. The first-order valence-corrected chi connectivity index (χ1v) is 4.87. The largest absolute Gasteiger partial charge is 0.0985 e. The monoisotopic (exact) mass is 184 g/mol. The molecule has 1 aromatic carbocycles. The van der Waals surface area contributed by atoms with Gasteiger partial charge in [0.05, 0.1) is 0 Å². The Hall–Kier alpha value is -1.56. The second-order valence-electron chi connectivity index (χ2n) is 3.06. The van der Waals surface area contributed by atoms with Gasteiger partial charge in [-0.3, -0.25) is 0 Å². The van der Waals surface area contributed by atoms with Crippen LogP contribution in [0.5, 0.6) is 0 Å². The molecule has 0 aliphatic rings. The first-order chi connectivity index (χ1) is 6.83. The molecule has 0 heterocycles. The highest BCUT2D eigenvalue weighted by Crippen LogP contribution is 2.22. The van der Waals surface area contributed by atoms with E-state index in [1.165, 1.54) is 11.1 Å². The molecule has 0 saturated heterocycles. The lowest BCUT2D eigenvalue weighted by molar-refractivity contribution is 1.23. The van der Waals surface area contributed by atoms with E-state index in [0.717, 1.165) is 12.0 Å². The van der Waals surface area contributed by atoms with Crippen molar-refractivity contribution in [2.24, 2.45) is 0 Å². The van der Waals surface area contributed by atoms with Crippen LogP contribution < -0.4 is 0 Å². The Bertz CT molecular complexity index is 332. The molecule has 0 bridgehead atoms. The summed E-state index contributed by atoms with van der Waals surface area (Å²) in [4.78, 5) is 0. The van der Waals surface area contributed by atoms with E-state index in [2.05, 4.69) is 44.3 Å². The Balaban J connectivity index is 3.22. The van der Waals surface area contributed by atoms with Crippen LogP contribution in [0.4, 0.5) is 0 Å². The van der Waals surface area contributed by atoms with Gasteiger partial charge in [-0.1, -0.05) is 62.6 Å². The van der Waals surface area contributed by atoms with Crippen LogP contribution in [-0.4, -0.2) is 0 Å². The number of benzene rings is 1. The smallest absolute Gasteiger partial charge is 0.0219 e. The summed E-state index contributed by atoms with van der Waals surface area (Å²) >= 11 is 0. The fraction of sp³-hybridized carbons (Fsp3) is 0.143. The fourth-order valence-electron chi connectivity index (χ4n) is 1.54. The van der Waals surface area contributed by atoms with Gasteiger partial charge in [-0.05, 0) is 23.1 Å². The van der Waals surface area contributed by atoms with Crippen molar-refractivity contribution >= 4 is 5.57 Å². The first-order valence-electron chi connectivity index (χ1n) is 4.87. The quantitative estimate of drug-likeness (QED) is 0.614. The zero-order valence-corrected chi connectivity index (χ0v) is 8.66. The lowest BCUT2D eigenvalue weighted by Gasteiger charge is -2.07. The number of rotatable bonds is 4. The van der Waals surface area contributed by atoms with Gasteiger partial charge in [0.1, 0.15) is 0 Å². The van der Waals surface area contributed by atoms with Crippen LogP contribution in [0, 0.1) is 0 Å². The second kappa shape index (κ2) is 5.23. The highest BCUT2D eigenvalue weighted by molar-refractivity contribution is 5.72. The third kappa shape index (κ3) is 2.23. The molecule has 0 fully saturated rings. The number of hydrogen-bond acceptors (Lipinski definition) is 0. The molecule has 72 valence electrons. The molecular formula is C14H16. The molecule has 1 aromatic rings. The van der Waals surface area contributed by atoms with Crippen molar-refractivity contribution in [1.82, 2.24) is 0 Å². The van der Waals surface area contributed by atoms with E-state index < -0.39 is 0 Å². The van der Waals surface area contributed by atoms with Crippen molar-refractivity contribution in [2.75, 3.05) is 0 Å². The van der Waals surface area contributed by atoms with Crippen molar-refractivity contribution < 1.29 is 0 Å². The normalized spacial score (nSPS) is 9.21. The zero-order chi connectivity index (χ0) is 10.4. The summed E-state index contributed by atoms with van der Waals surface area (Å²) in [5.74, 6) is 0. The Labute approximate surface area is 86.3 Å². The van der Waals surface area contributed by atoms with E-state index >= 15 is 0 Å². The minimum Gasteiger partial charge on any atom is -0.0985 e. The molecule has 0 aliphatic heterocycles. The van der Waals surface area contributed by atoms with Gasteiger partial charge in [-0.2, -0.15) is 0 Å². The minimum absolute atomic E-state index is 0.997. The van der Waals surface area contributed by atoms with Gasteiger partial charge < -0.3 is 0 Å². The van der Waals surface area contributed by atoms with E-state index in [9.17, 15) is 0 Å². The number of hydrogen-bond donors (Lipinski definition) is 0. The summed E-state index contributed by atoms with van der Waals surface area (Å²) in [6.45, 7) is 9.74. The van der Waals surface area contributed by atoms with Gasteiger partial charge in [0.15, 0.2) is 0 Å². The first kappa shape index (κ1) is 10.5. The molecule has 0 N–H and O–H groups in total. The average Bonchev–Trinajstić information content (AvgIpc) is 2.27. The molecule has 0 saturated carbocycles. The Morgan fingerprint density at radius 2 is 1.71 bits per heavy atom. The maximum absolute atomic E-state index is 3.80. The maximum atomic E-state index is 3.80. The molecule has 0 nitrogen and oxygen atoms in total. The van der Waals surface area contributed by atoms with Gasteiger partial charge in [0.2, 0.25) is 0 Å². The van der Waals surface area contributed by atoms with Crippen molar-refractivity contribution in [3.05, 3.63) is 66.8 Å². The lowest BCUT2D eigenvalue weighted by Crippen LogP contribution is -1.86. The summed E-state index contributed by atoms with van der Waals surface area (Å²) in [5.41, 5.74) is 3.68. The van der Waals surface area contributed by atoms with Crippen LogP contribution in [0.25, 0.3) is 5.57 Å². The highest BCUT2D eigenvalue weighted by atomic mass is 14.1. The number of allylic oxidation sites excluding steroid dienone is 4. The lowest BCUT2D eigenvalue weighted by atomic mass is 9.98. The summed E-state index contributed by atoms with van der Waals surface area (Å²) < 4.78 is 0.